The average molecular weight is 279 g/mol. The molecule has 108 valence electrons. The number of sulfonamides is 1. The quantitative estimate of drug-likeness (QED) is 0.655. The number of nitrogens with zero attached hydrogens (tertiary/aromatic N) is 2. The Balaban J connectivity index is 2.24. The molecule has 0 saturated carbocycles. The molecule has 0 amide bonds. The van der Waals surface area contributed by atoms with E-state index in [1.54, 1.807) is 0 Å². The molecule has 1 atom stereocenters. The molecular weight excluding hydrogens is 254 g/mol. The van der Waals surface area contributed by atoms with Crippen molar-refractivity contribution in [1.82, 2.24) is 9.21 Å². The van der Waals surface area contributed by atoms with Gasteiger partial charge in [-0.3, -0.25) is 0 Å². The van der Waals surface area contributed by atoms with E-state index in [1.165, 1.54) is 10.6 Å². The van der Waals surface area contributed by atoms with Crippen molar-refractivity contribution in [2.75, 3.05) is 45.6 Å². The zero-order chi connectivity index (χ0) is 13.8. The number of rotatable bonds is 6. The van der Waals surface area contributed by atoms with E-state index in [2.05, 4.69) is 4.90 Å². The topological polar surface area (TPSA) is 86.9 Å². The van der Waals surface area contributed by atoms with E-state index >= 15 is 0 Å². The molecule has 6 nitrogen and oxygen atoms in total. The SMILES string of the molecule is CC(N)(CO)CCCN1CCN(S(C)(=O)=O)CC1. The molecule has 1 aliphatic rings. The lowest BCUT2D eigenvalue weighted by Gasteiger charge is -2.33. The van der Waals surface area contributed by atoms with Gasteiger partial charge in [0, 0.05) is 31.7 Å². The predicted molar refractivity (Wildman–Crippen MR) is 71.8 cm³/mol. The fourth-order valence-corrected chi connectivity index (χ4v) is 2.90. The van der Waals surface area contributed by atoms with Crippen LogP contribution in [0, 0.1) is 0 Å². The average Bonchev–Trinajstić information content (AvgIpc) is 2.28. The van der Waals surface area contributed by atoms with Crippen LogP contribution in [-0.2, 0) is 10.0 Å². The summed E-state index contributed by atoms with van der Waals surface area (Å²) < 4.78 is 24.2. The highest BCUT2D eigenvalue weighted by molar-refractivity contribution is 7.88. The van der Waals surface area contributed by atoms with Crippen molar-refractivity contribution in [3.63, 3.8) is 0 Å². The van der Waals surface area contributed by atoms with Gasteiger partial charge in [-0.2, -0.15) is 4.31 Å². The van der Waals surface area contributed by atoms with E-state index in [0.29, 0.717) is 13.1 Å². The second kappa shape index (κ2) is 6.29. The molecule has 0 aromatic heterocycles. The van der Waals surface area contributed by atoms with E-state index in [1.807, 2.05) is 6.92 Å². The lowest BCUT2D eigenvalue weighted by atomic mass is 9.98. The third-order valence-corrected chi connectivity index (χ3v) is 4.69. The summed E-state index contributed by atoms with van der Waals surface area (Å²) in [4.78, 5) is 2.25. The first kappa shape index (κ1) is 15.8. The van der Waals surface area contributed by atoms with Gasteiger partial charge in [0.15, 0.2) is 0 Å². The molecule has 1 saturated heterocycles. The number of aliphatic hydroxyl groups is 1. The number of nitrogens with two attached hydrogens (primary N) is 1. The van der Waals surface area contributed by atoms with Gasteiger partial charge in [0.05, 0.1) is 12.9 Å². The first-order chi connectivity index (χ1) is 8.24. The lowest BCUT2D eigenvalue weighted by Crippen LogP contribution is -2.48. The lowest BCUT2D eigenvalue weighted by molar-refractivity contribution is 0.166. The van der Waals surface area contributed by atoms with Crippen LogP contribution in [0.4, 0.5) is 0 Å². The van der Waals surface area contributed by atoms with Crippen LogP contribution in [0.3, 0.4) is 0 Å². The summed E-state index contributed by atoms with van der Waals surface area (Å²) >= 11 is 0. The zero-order valence-electron chi connectivity index (χ0n) is 11.3. The number of piperazine rings is 1. The van der Waals surface area contributed by atoms with Crippen LogP contribution in [0.5, 0.6) is 0 Å². The number of hydrogen-bond acceptors (Lipinski definition) is 5. The first-order valence-electron chi connectivity index (χ1n) is 6.32. The molecule has 1 rings (SSSR count). The van der Waals surface area contributed by atoms with Gasteiger partial charge in [-0.05, 0) is 26.3 Å². The van der Waals surface area contributed by atoms with Gasteiger partial charge in [0.2, 0.25) is 10.0 Å². The molecule has 1 heterocycles. The van der Waals surface area contributed by atoms with E-state index in [0.717, 1.165) is 32.5 Å². The Kier molecular flexibility index (Phi) is 5.54. The molecule has 0 aromatic carbocycles. The molecule has 1 fully saturated rings. The van der Waals surface area contributed by atoms with Crippen molar-refractivity contribution < 1.29 is 13.5 Å². The molecule has 0 bridgehead atoms. The van der Waals surface area contributed by atoms with Crippen molar-refractivity contribution in [3.05, 3.63) is 0 Å². The summed E-state index contributed by atoms with van der Waals surface area (Å²) in [6.07, 6.45) is 2.95. The van der Waals surface area contributed by atoms with Crippen LogP contribution in [0.25, 0.3) is 0 Å². The number of aliphatic hydroxyl groups excluding tert-OH is 1. The smallest absolute Gasteiger partial charge is 0.211 e. The van der Waals surface area contributed by atoms with Gasteiger partial charge in [0.25, 0.3) is 0 Å². The fourth-order valence-electron chi connectivity index (χ4n) is 2.07. The minimum absolute atomic E-state index is 0.00510. The zero-order valence-corrected chi connectivity index (χ0v) is 12.1. The molecule has 0 radical (unpaired) electrons. The van der Waals surface area contributed by atoms with Gasteiger partial charge in [-0.15, -0.1) is 0 Å². The molecule has 0 aliphatic carbocycles. The van der Waals surface area contributed by atoms with Crippen molar-refractivity contribution in [1.29, 1.82) is 0 Å². The van der Waals surface area contributed by atoms with Crippen molar-refractivity contribution in [2.24, 2.45) is 5.73 Å². The largest absolute Gasteiger partial charge is 0.394 e. The van der Waals surface area contributed by atoms with Crippen LogP contribution in [0.1, 0.15) is 19.8 Å². The Bertz CT molecular complexity index is 349. The normalized spacial score (nSPS) is 22.9. The Morgan fingerprint density at radius 1 is 1.28 bits per heavy atom. The second-order valence-corrected chi connectivity index (χ2v) is 7.40. The number of hydrogen-bond donors (Lipinski definition) is 2. The van der Waals surface area contributed by atoms with Crippen LogP contribution < -0.4 is 5.73 Å². The van der Waals surface area contributed by atoms with Gasteiger partial charge in [0.1, 0.15) is 0 Å². The third-order valence-electron chi connectivity index (χ3n) is 3.38. The second-order valence-electron chi connectivity index (χ2n) is 5.42. The highest BCUT2D eigenvalue weighted by Crippen LogP contribution is 2.11. The van der Waals surface area contributed by atoms with Crippen molar-refractivity contribution in [2.45, 2.75) is 25.3 Å². The van der Waals surface area contributed by atoms with E-state index in [4.69, 9.17) is 10.8 Å². The van der Waals surface area contributed by atoms with Gasteiger partial charge in [-0.25, -0.2) is 8.42 Å². The Labute approximate surface area is 110 Å². The molecular formula is C11H25N3O3S. The summed E-state index contributed by atoms with van der Waals surface area (Å²) in [7, 11) is -3.04. The van der Waals surface area contributed by atoms with Crippen molar-refractivity contribution in [3.8, 4) is 0 Å². The van der Waals surface area contributed by atoms with Gasteiger partial charge >= 0.3 is 0 Å². The van der Waals surface area contributed by atoms with Crippen LogP contribution >= 0.6 is 0 Å². The van der Waals surface area contributed by atoms with Gasteiger partial charge in [-0.1, -0.05) is 0 Å². The Morgan fingerprint density at radius 2 is 1.83 bits per heavy atom. The summed E-state index contributed by atoms with van der Waals surface area (Å²) in [5.41, 5.74) is 5.35. The Morgan fingerprint density at radius 3 is 2.28 bits per heavy atom. The maximum atomic E-state index is 11.3. The summed E-state index contributed by atoms with van der Waals surface area (Å²) in [5.74, 6) is 0. The van der Waals surface area contributed by atoms with Gasteiger partial charge < -0.3 is 15.7 Å². The summed E-state index contributed by atoms with van der Waals surface area (Å²) in [6, 6.07) is 0. The van der Waals surface area contributed by atoms with E-state index in [9.17, 15) is 8.42 Å². The standard InChI is InChI=1S/C11H25N3O3S/c1-11(12,10-15)4-3-5-13-6-8-14(9-7-13)18(2,16)17/h15H,3-10,12H2,1-2H3. The summed E-state index contributed by atoms with van der Waals surface area (Å²) in [5, 5.41) is 9.04. The van der Waals surface area contributed by atoms with Crippen LogP contribution in [-0.4, -0.2) is 73.9 Å². The predicted octanol–water partition coefficient (Wildman–Crippen LogP) is -0.946. The molecule has 18 heavy (non-hydrogen) atoms. The van der Waals surface area contributed by atoms with E-state index < -0.39 is 15.6 Å². The molecule has 3 N–H and O–H groups in total. The molecule has 7 heteroatoms. The molecule has 1 aliphatic heterocycles. The third kappa shape index (κ3) is 5.19. The molecule has 0 aromatic rings. The Hall–Kier alpha value is -0.210. The van der Waals surface area contributed by atoms with E-state index in [-0.39, 0.29) is 6.61 Å². The maximum Gasteiger partial charge on any atom is 0.211 e. The first-order valence-corrected chi connectivity index (χ1v) is 8.17. The summed E-state index contributed by atoms with van der Waals surface area (Å²) in [6.45, 7) is 5.42. The minimum Gasteiger partial charge on any atom is -0.394 e. The minimum atomic E-state index is -3.04. The fraction of sp³-hybridized carbons (Fsp3) is 1.00. The van der Waals surface area contributed by atoms with Crippen LogP contribution in [0.2, 0.25) is 0 Å². The highest BCUT2D eigenvalue weighted by Gasteiger charge is 2.23. The molecule has 0 spiro atoms. The highest BCUT2D eigenvalue weighted by atomic mass is 32.2. The van der Waals surface area contributed by atoms with Crippen LogP contribution in [0.15, 0.2) is 0 Å². The molecule has 1 unspecified atom stereocenters. The maximum absolute atomic E-state index is 11.3. The van der Waals surface area contributed by atoms with Crippen molar-refractivity contribution >= 4 is 10.0 Å². The monoisotopic (exact) mass is 279 g/mol.